The zero-order valence-corrected chi connectivity index (χ0v) is 11.6. The Bertz CT molecular complexity index is 534. The molecule has 2 nitrogen and oxygen atoms in total. The van der Waals surface area contributed by atoms with Gasteiger partial charge in [0.1, 0.15) is 5.75 Å². The molecular formula is C16H16O2S. The zero-order chi connectivity index (χ0) is 13.7. The SMILES string of the molecule is COc1ccc(C(=O)CC(S)c2ccccc2)cc1. The summed E-state index contributed by atoms with van der Waals surface area (Å²) in [6.07, 6.45) is 0.388. The van der Waals surface area contributed by atoms with E-state index in [4.69, 9.17) is 4.74 Å². The predicted octanol–water partition coefficient (Wildman–Crippen LogP) is 3.94. The second-order valence-electron chi connectivity index (χ2n) is 4.28. The molecule has 2 aromatic carbocycles. The van der Waals surface area contributed by atoms with Gasteiger partial charge < -0.3 is 4.74 Å². The van der Waals surface area contributed by atoms with E-state index < -0.39 is 0 Å². The van der Waals surface area contributed by atoms with Crippen LogP contribution in [0.4, 0.5) is 0 Å². The van der Waals surface area contributed by atoms with Gasteiger partial charge in [0.25, 0.3) is 0 Å². The maximum atomic E-state index is 12.1. The number of ketones is 1. The number of methoxy groups -OCH3 is 1. The van der Waals surface area contributed by atoms with Crippen LogP contribution in [0.2, 0.25) is 0 Å². The summed E-state index contributed by atoms with van der Waals surface area (Å²) < 4.78 is 5.07. The summed E-state index contributed by atoms with van der Waals surface area (Å²) in [6, 6.07) is 17.0. The van der Waals surface area contributed by atoms with Crippen LogP contribution in [0.15, 0.2) is 54.6 Å². The highest BCUT2D eigenvalue weighted by Crippen LogP contribution is 2.25. The van der Waals surface area contributed by atoms with E-state index in [1.54, 1.807) is 31.4 Å². The number of carbonyl (C=O) groups is 1. The van der Waals surface area contributed by atoms with Crippen LogP contribution in [0.5, 0.6) is 5.75 Å². The molecule has 98 valence electrons. The molecule has 19 heavy (non-hydrogen) atoms. The van der Waals surface area contributed by atoms with Crippen molar-refractivity contribution in [2.75, 3.05) is 7.11 Å². The number of hydrogen-bond acceptors (Lipinski definition) is 3. The molecule has 0 saturated heterocycles. The quantitative estimate of drug-likeness (QED) is 0.659. The average molecular weight is 272 g/mol. The Morgan fingerprint density at radius 2 is 1.74 bits per heavy atom. The maximum Gasteiger partial charge on any atom is 0.164 e. The molecular weight excluding hydrogens is 256 g/mol. The Hall–Kier alpha value is -1.74. The summed E-state index contributed by atoms with van der Waals surface area (Å²) in [4.78, 5) is 12.1. The molecule has 3 heteroatoms. The Morgan fingerprint density at radius 3 is 2.32 bits per heavy atom. The van der Waals surface area contributed by atoms with Crippen LogP contribution in [-0.4, -0.2) is 12.9 Å². The summed E-state index contributed by atoms with van der Waals surface area (Å²) in [6.45, 7) is 0. The van der Waals surface area contributed by atoms with Crippen molar-refractivity contribution in [3.05, 3.63) is 65.7 Å². The third-order valence-corrected chi connectivity index (χ3v) is 3.46. The zero-order valence-electron chi connectivity index (χ0n) is 10.7. The minimum atomic E-state index is -0.0733. The van der Waals surface area contributed by atoms with Gasteiger partial charge in [0, 0.05) is 17.2 Å². The van der Waals surface area contributed by atoms with E-state index >= 15 is 0 Å². The molecule has 0 spiro atoms. The van der Waals surface area contributed by atoms with Crippen LogP contribution in [0.1, 0.15) is 27.6 Å². The van der Waals surface area contributed by atoms with Gasteiger partial charge in [-0.3, -0.25) is 4.79 Å². The summed E-state index contributed by atoms with van der Waals surface area (Å²) in [5.74, 6) is 0.841. The number of ether oxygens (including phenoxy) is 1. The first-order valence-corrected chi connectivity index (χ1v) is 6.62. The van der Waals surface area contributed by atoms with Crippen molar-refractivity contribution in [3.63, 3.8) is 0 Å². The minimum absolute atomic E-state index is 0.0733. The van der Waals surface area contributed by atoms with Gasteiger partial charge in [-0.2, -0.15) is 12.6 Å². The lowest BCUT2D eigenvalue weighted by Crippen LogP contribution is -2.03. The van der Waals surface area contributed by atoms with Crippen molar-refractivity contribution in [3.8, 4) is 5.75 Å². The van der Waals surface area contributed by atoms with Crippen molar-refractivity contribution < 1.29 is 9.53 Å². The molecule has 0 heterocycles. The van der Waals surface area contributed by atoms with Crippen molar-refractivity contribution >= 4 is 18.4 Å². The first-order chi connectivity index (χ1) is 9.20. The van der Waals surface area contributed by atoms with E-state index in [9.17, 15) is 4.79 Å². The fourth-order valence-corrected chi connectivity index (χ4v) is 2.20. The number of hydrogen-bond donors (Lipinski definition) is 1. The fourth-order valence-electron chi connectivity index (χ4n) is 1.86. The molecule has 0 amide bonds. The number of Topliss-reactive ketones (excluding diaryl/α,β-unsaturated/α-hetero) is 1. The predicted molar refractivity (Wildman–Crippen MR) is 80.1 cm³/mol. The van der Waals surface area contributed by atoms with Gasteiger partial charge in [0.2, 0.25) is 0 Å². The molecule has 0 aliphatic rings. The maximum absolute atomic E-state index is 12.1. The van der Waals surface area contributed by atoms with Crippen molar-refractivity contribution in [2.45, 2.75) is 11.7 Å². The van der Waals surface area contributed by atoms with Crippen LogP contribution in [0, 0.1) is 0 Å². The Morgan fingerprint density at radius 1 is 1.11 bits per heavy atom. The smallest absolute Gasteiger partial charge is 0.164 e. The molecule has 1 atom stereocenters. The van der Waals surface area contributed by atoms with Crippen LogP contribution in [0.3, 0.4) is 0 Å². The Labute approximate surface area is 118 Å². The fraction of sp³-hybridized carbons (Fsp3) is 0.188. The number of rotatable bonds is 5. The van der Waals surface area contributed by atoms with Gasteiger partial charge in [-0.05, 0) is 29.8 Å². The molecule has 0 aliphatic heterocycles. The molecule has 2 rings (SSSR count). The highest BCUT2D eigenvalue weighted by atomic mass is 32.1. The lowest BCUT2D eigenvalue weighted by Gasteiger charge is -2.10. The second-order valence-corrected chi connectivity index (χ2v) is 4.91. The molecule has 2 aromatic rings. The molecule has 0 aliphatic carbocycles. The van der Waals surface area contributed by atoms with Crippen molar-refractivity contribution in [1.82, 2.24) is 0 Å². The Balaban J connectivity index is 2.04. The van der Waals surface area contributed by atoms with E-state index in [1.165, 1.54) is 0 Å². The first kappa shape index (κ1) is 13.7. The number of carbonyl (C=O) groups excluding carboxylic acids is 1. The normalized spacial score (nSPS) is 11.9. The van der Waals surface area contributed by atoms with Gasteiger partial charge in [0.15, 0.2) is 5.78 Å². The molecule has 0 aromatic heterocycles. The van der Waals surface area contributed by atoms with Crippen LogP contribution < -0.4 is 4.74 Å². The van der Waals surface area contributed by atoms with Crippen molar-refractivity contribution in [2.24, 2.45) is 0 Å². The molecule has 0 fully saturated rings. The van der Waals surface area contributed by atoms with Crippen molar-refractivity contribution in [1.29, 1.82) is 0 Å². The highest BCUT2D eigenvalue weighted by molar-refractivity contribution is 7.80. The monoisotopic (exact) mass is 272 g/mol. The summed E-state index contributed by atoms with van der Waals surface area (Å²) >= 11 is 4.50. The van der Waals surface area contributed by atoms with E-state index in [0.29, 0.717) is 12.0 Å². The summed E-state index contributed by atoms with van der Waals surface area (Å²) in [5, 5.41) is -0.0733. The molecule has 0 N–H and O–H groups in total. The number of benzene rings is 2. The summed E-state index contributed by atoms with van der Waals surface area (Å²) in [7, 11) is 1.61. The third-order valence-electron chi connectivity index (χ3n) is 2.98. The van der Waals surface area contributed by atoms with E-state index in [-0.39, 0.29) is 11.0 Å². The molecule has 0 radical (unpaired) electrons. The Kier molecular flexibility index (Phi) is 4.63. The van der Waals surface area contributed by atoms with E-state index in [1.807, 2.05) is 30.3 Å². The van der Waals surface area contributed by atoms with Gasteiger partial charge in [-0.1, -0.05) is 30.3 Å². The molecule has 0 saturated carbocycles. The van der Waals surface area contributed by atoms with Gasteiger partial charge in [-0.15, -0.1) is 0 Å². The summed E-state index contributed by atoms with van der Waals surface area (Å²) in [5.41, 5.74) is 1.75. The first-order valence-electron chi connectivity index (χ1n) is 6.11. The number of thiol groups is 1. The van der Waals surface area contributed by atoms with Crippen LogP contribution in [0.25, 0.3) is 0 Å². The minimum Gasteiger partial charge on any atom is -0.497 e. The van der Waals surface area contributed by atoms with Gasteiger partial charge >= 0.3 is 0 Å². The topological polar surface area (TPSA) is 26.3 Å². The third kappa shape index (κ3) is 3.61. The van der Waals surface area contributed by atoms with Gasteiger partial charge in [-0.25, -0.2) is 0 Å². The largest absolute Gasteiger partial charge is 0.497 e. The standard InChI is InChI=1S/C16H16O2S/c1-18-14-9-7-12(8-10-14)15(17)11-16(19)13-5-3-2-4-6-13/h2-10,16,19H,11H2,1H3. The van der Waals surface area contributed by atoms with Crippen LogP contribution >= 0.6 is 12.6 Å². The van der Waals surface area contributed by atoms with Crippen LogP contribution in [-0.2, 0) is 0 Å². The van der Waals surface area contributed by atoms with E-state index in [2.05, 4.69) is 12.6 Å². The second kappa shape index (κ2) is 6.43. The lowest BCUT2D eigenvalue weighted by atomic mass is 10.0. The molecule has 1 unspecified atom stereocenters. The van der Waals surface area contributed by atoms with E-state index in [0.717, 1.165) is 11.3 Å². The highest BCUT2D eigenvalue weighted by Gasteiger charge is 2.13. The molecule has 0 bridgehead atoms. The lowest BCUT2D eigenvalue weighted by molar-refractivity contribution is 0.0982. The average Bonchev–Trinajstić information content (AvgIpc) is 2.48. The van der Waals surface area contributed by atoms with Gasteiger partial charge in [0.05, 0.1) is 7.11 Å².